The number of urea groups is 1. The van der Waals surface area contributed by atoms with Crippen molar-refractivity contribution in [2.24, 2.45) is 5.16 Å². The van der Waals surface area contributed by atoms with Crippen LogP contribution in [0.3, 0.4) is 0 Å². The quantitative estimate of drug-likeness (QED) is 0.343. The number of hydrogen-bond acceptors (Lipinski definition) is 9. The van der Waals surface area contributed by atoms with Gasteiger partial charge in [0.2, 0.25) is 0 Å². The van der Waals surface area contributed by atoms with Crippen molar-refractivity contribution in [2.75, 3.05) is 26.7 Å². The molecule has 3 aliphatic rings. The number of carbonyl (C=O) groups is 2. The highest BCUT2D eigenvalue weighted by molar-refractivity contribution is 7.80. The van der Waals surface area contributed by atoms with Crippen molar-refractivity contribution >= 4 is 28.0 Å². The van der Waals surface area contributed by atoms with E-state index >= 15 is 0 Å². The van der Waals surface area contributed by atoms with Crippen LogP contribution in [0, 0.1) is 0 Å². The summed E-state index contributed by atoms with van der Waals surface area (Å²) < 4.78 is 34.8. The largest absolute Gasteiger partial charge is 0.418 e. The number of hydroxylamine groups is 3. The van der Waals surface area contributed by atoms with E-state index in [0.29, 0.717) is 36.7 Å². The summed E-state index contributed by atoms with van der Waals surface area (Å²) in [5.74, 6) is -0.547. The van der Waals surface area contributed by atoms with Crippen LogP contribution in [0.1, 0.15) is 12.8 Å². The molecule has 0 aromatic carbocycles. The number of rotatable bonds is 6. The number of carbonyl (C=O) groups excluding carboxylic acids is 2. The van der Waals surface area contributed by atoms with Crippen LogP contribution in [-0.4, -0.2) is 85.5 Å². The fourth-order valence-corrected chi connectivity index (χ4v) is 3.57. The average molecular weight is 393 g/mol. The fraction of sp³-hybridized carbons (Fsp3) is 0.750. The van der Waals surface area contributed by atoms with E-state index < -0.39 is 40.5 Å². The van der Waals surface area contributed by atoms with Crippen molar-refractivity contribution in [3.05, 3.63) is 0 Å². The third-order valence-corrected chi connectivity index (χ3v) is 4.67. The first kappa shape index (κ1) is 18.8. The molecule has 3 rings (SSSR count). The lowest BCUT2D eigenvalue weighted by molar-refractivity contribution is -0.140. The molecule has 3 amide bonds. The molecule has 3 heterocycles. The molecule has 0 radical (unpaired) electrons. The first-order chi connectivity index (χ1) is 12.3. The monoisotopic (exact) mass is 393 g/mol. The van der Waals surface area contributed by atoms with Gasteiger partial charge in [-0.1, -0.05) is 5.16 Å². The summed E-state index contributed by atoms with van der Waals surface area (Å²) >= 11 is 0. The molecule has 3 aliphatic heterocycles. The molecular formula is C12H19N5O8S. The van der Waals surface area contributed by atoms with Gasteiger partial charge in [-0.2, -0.15) is 13.5 Å². The Bertz CT molecular complexity index is 712. The van der Waals surface area contributed by atoms with E-state index in [2.05, 4.69) is 20.2 Å². The molecule has 0 aromatic heterocycles. The van der Waals surface area contributed by atoms with Gasteiger partial charge in [0.25, 0.3) is 5.91 Å². The van der Waals surface area contributed by atoms with Crippen molar-refractivity contribution < 1.29 is 36.5 Å². The average Bonchev–Trinajstić information content (AvgIpc) is 3.11. The predicted molar refractivity (Wildman–Crippen MR) is 83.7 cm³/mol. The Morgan fingerprint density at radius 1 is 1.42 bits per heavy atom. The molecule has 2 bridgehead atoms. The zero-order chi connectivity index (χ0) is 18.9. The van der Waals surface area contributed by atoms with Gasteiger partial charge in [-0.15, -0.1) is 4.28 Å². The zero-order valence-electron chi connectivity index (χ0n) is 13.8. The van der Waals surface area contributed by atoms with Gasteiger partial charge in [-0.05, 0) is 12.8 Å². The Morgan fingerprint density at radius 3 is 2.88 bits per heavy atom. The molecule has 0 aromatic rings. The minimum absolute atomic E-state index is 0.105. The lowest BCUT2D eigenvalue weighted by Crippen LogP contribution is -2.50. The third kappa shape index (κ3) is 3.88. The van der Waals surface area contributed by atoms with Gasteiger partial charge < -0.3 is 15.1 Å². The molecular weight excluding hydrogens is 374 g/mol. The summed E-state index contributed by atoms with van der Waals surface area (Å²) in [6.45, 7) is 1.01. The van der Waals surface area contributed by atoms with E-state index in [4.69, 9.17) is 14.2 Å². The van der Waals surface area contributed by atoms with Crippen LogP contribution in [0.2, 0.25) is 0 Å². The summed E-state index contributed by atoms with van der Waals surface area (Å²) in [6, 6.07) is -2.21. The molecule has 26 heavy (non-hydrogen) atoms. The highest BCUT2D eigenvalue weighted by Crippen LogP contribution is 2.30. The van der Waals surface area contributed by atoms with Crippen molar-refractivity contribution in [1.82, 2.24) is 20.8 Å². The van der Waals surface area contributed by atoms with Crippen LogP contribution >= 0.6 is 0 Å². The van der Waals surface area contributed by atoms with Crippen molar-refractivity contribution in [3.8, 4) is 0 Å². The Labute approximate surface area is 149 Å². The molecule has 3 fully saturated rings. The smallest absolute Gasteiger partial charge is 0.399 e. The van der Waals surface area contributed by atoms with E-state index in [1.54, 1.807) is 0 Å². The van der Waals surface area contributed by atoms with Crippen LogP contribution in [0.15, 0.2) is 5.16 Å². The minimum Gasteiger partial charge on any atom is -0.399 e. The maximum atomic E-state index is 12.4. The minimum atomic E-state index is -4.83. The molecule has 14 heteroatoms. The summed E-state index contributed by atoms with van der Waals surface area (Å²) in [5, 5.41) is 7.39. The third-order valence-electron chi connectivity index (χ3n) is 4.32. The molecule has 13 nitrogen and oxygen atoms in total. The Hall–Kier alpha value is -2.00. The van der Waals surface area contributed by atoms with Gasteiger partial charge in [0.1, 0.15) is 25.0 Å². The van der Waals surface area contributed by atoms with Crippen LogP contribution in [-0.2, 0) is 29.2 Å². The number of fused-ring (bicyclic) bond motifs is 2. The highest BCUT2D eigenvalue weighted by Gasteiger charge is 2.49. The van der Waals surface area contributed by atoms with Crippen LogP contribution in [0.4, 0.5) is 4.79 Å². The summed E-state index contributed by atoms with van der Waals surface area (Å²) in [7, 11) is -3.43. The summed E-state index contributed by atoms with van der Waals surface area (Å²) in [4.78, 5) is 35.9. The summed E-state index contributed by atoms with van der Waals surface area (Å²) in [5.41, 5.74) is 2.90. The second-order valence-electron chi connectivity index (χ2n) is 5.98. The number of hydrogen-bond donors (Lipinski definition) is 3. The molecule has 146 valence electrons. The number of oxime groups is 1. The zero-order valence-corrected chi connectivity index (χ0v) is 14.6. The lowest BCUT2D eigenvalue weighted by Gasteiger charge is -2.29. The van der Waals surface area contributed by atoms with Crippen LogP contribution < -0.4 is 10.8 Å². The predicted octanol–water partition coefficient (Wildman–Crippen LogP) is -1.99. The fourth-order valence-electron chi connectivity index (χ4n) is 3.18. The second kappa shape index (κ2) is 7.32. The highest BCUT2D eigenvalue weighted by atomic mass is 32.3. The standard InChI is InChI=1S/C12H19N5O8S/c1-23-14-8-4-13-5-10(8)24-15-11(18)9-3-2-7-6-16(9)12(19)17(7)25-26(20,21)22/h7,9-10,13H,2-6H2,1H3,(H,15,18)(H,20,21,22)/b14-8+/t7?,9-,10?/m0/s1. The van der Waals surface area contributed by atoms with E-state index in [1.165, 1.54) is 12.0 Å². The van der Waals surface area contributed by atoms with E-state index in [0.717, 1.165) is 0 Å². The molecule has 2 unspecified atom stereocenters. The van der Waals surface area contributed by atoms with Crippen LogP contribution in [0.5, 0.6) is 0 Å². The van der Waals surface area contributed by atoms with Gasteiger partial charge in [-0.25, -0.2) is 10.3 Å². The second-order valence-corrected chi connectivity index (χ2v) is 6.98. The molecule has 3 saturated heterocycles. The molecule has 0 saturated carbocycles. The Morgan fingerprint density at radius 2 is 2.19 bits per heavy atom. The number of piperidine rings is 1. The molecule has 0 aliphatic carbocycles. The van der Waals surface area contributed by atoms with Crippen molar-refractivity contribution in [3.63, 3.8) is 0 Å². The van der Waals surface area contributed by atoms with Crippen LogP contribution in [0.25, 0.3) is 0 Å². The maximum Gasteiger partial charge on any atom is 0.418 e. The topological polar surface area (TPSA) is 159 Å². The Balaban J connectivity index is 1.59. The molecule has 3 atom stereocenters. The van der Waals surface area contributed by atoms with Gasteiger partial charge in [0, 0.05) is 19.6 Å². The molecule has 3 N–H and O–H groups in total. The van der Waals surface area contributed by atoms with E-state index in [1.807, 2.05) is 0 Å². The first-order valence-corrected chi connectivity index (χ1v) is 9.19. The van der Waals surface area contributed by atoms with Gasteiger partial charge in [0.05, 0.1) is 6.04 Å². The summed E-state index contributed by atoms with van der Waals surface area (Å²) in [6.07, 6.45) is 0.125. The van der Waals surface area contributed by atoms with Gasteiger partial charge >= 0.3 is 16.4 Å². The Kier molecular flexibility index (Phi) is 5.29. The van der Waals surface area contributed by atoms with Gasteiger partial charge in [-0.3, -0.25) is 14.2 Å². The normalized spacial score (nSPS) is 30.2. The van der Waals surface area contributed by atoms with Crippen molar-refractivity contribution in [2.45, 2.75) is 31.0 Å². The number of nitrogens with one attached hydrogen (secondary N) is 2. The lowest BCUT2D eigenvalue weighted by atomic mass is 10.0. The number of nitrogens with zero attached hydrogens (tertiary/aromatic N) is 3. The van der Waals surface area contributed by atoms with Gasteiger partial charge in [0.15, 0.2) is 0 Å². The van der Waals surface area contributed by atoms with E-state index in [-0.39, 0.29) is 6.54 Å². The first-order valence-electron chi connectivity index (χ1n) is 7.83. The molecule has 0 spiro atoms. The van der Waals surface area contributed by atoms with Crippen molar-refractivity contribution in [1.29, 1.82) is 0 Å². The maximum absolute atomic E-state index is 12.4. The number of amides is 3. The SMILES string of the molecule is CO/N=C1\CNCC1ONC(=O)[C@@H]1CCC2CN1C(=O)N2OS(=O)(=O)O. The van der Waals surface area contributed by atoms with E-state index in [9.17, 15) is 18.0 Å².